The molecule has 0 atom stereocenters. The molecule has 9 nitrogen and oxygen atoms in total. The highest BCUT2D eigenvalue weighted by Crippen LogP contribution is 2.14. The maximum atomic E-state index is 12.1. The van der Waals surface area contributed by atoms with Crippen LogP contribution in [0.3, 0.4) is 0 Å². The van der Waals surface area contributed by atoms with Crippen molar-refractivity contribution in [3.05, 3.63) is 46.4 Å². The number of benzene rings is 1. The number of carbonyl (C=O) groups excluding carboxylic acids is 1. The summed E-state index contributed by atoms with van der Waals surface area (Å²) >= 11 is 0. The number of nitrogens with two attached hydrogens (primary N) is 1. The normalized spacial score (nSPS) is 11.0. The van der Waals surface area contributed by atoms with E-state index in [0.717, 1.165) is 6.20 Å². The Morgan fingerprint density at radius 3 is 2.57 bits per heavy atom. The molecule has 1 aromatic carbocycles. The average Bonchev–Trinajstić information content (AvgIpc) is 2.47. The van der Waals surface area contributed by atoms with Gasteiger partial charge < -0.3 is 10.5 Å². The van der Waals surface area contributed by atoms with E-state index in [4.69, 9.17) is 5.73 Å². The van der Waals surface area contributed by atoms with Gasteiger partial charge in [-0.2, -0.15) is 0 Å². The van der Waals surface area contributed by atoms with Gasteiger partial charge in [-0.25, -0.2) is 22.9 Å². The van der Waals surface area contributed by atoms with Crippen molar-refractivity contribution in [2.24, 2.45) is 0 Å². The second-order valence-electron chi connectivity index (χ2n) is 4.37. The van der Waals surface area contributed by atoms with Crippen LogP contribution in [0.1, 0.15) is 17.3 Å². The second kappa shape index (κ2) is 6.48. The fourth-order valence-corrected chi connectivity index (χ4v) is 2.60. The van der Waals surface area contributed by atoms with E-state index in [1.807, 2.05) is 0 Å². The Balaban J connectivity index is 2.27. The summed E-state index contributed by atoms with van der Waals surface area (Å²) in [6, 6.07) is 5.47. The minimum atomic E-state index is -3.94. The zero-order valence-electron chi connectivity index (χ0n) is 12.1. The number of nitrogens with one attached hydrogen (secondary N) is 2. The van der Waals surface area contributed by atoms with Crippen LogP contribution in [0.25, 0.3) is 0 Å². The molecule has 4 N–H and O–H groups in total. The Labute approximate surface area is 131 Å². The van der Waals surface area contributed by atoms with Crippen LogP contribution >= 0.6 is 0 Å². The number of hydrogen-bond acceptors (Lipinski definition) is 7. The third kappa shape index (κ3) is 3.86. The van der Waals surface area contributed by atoms with Gasteiger partial charge in [-0.3, -0.25) is 9.78 Å². The quantitative estimate of drug-likeness (QED) is 0.526. The molecule has 0 aliphatic carbocycles. The van der Waals surface area contributed by atoms with E-state index in [9.17, 15) is 18.0 Å². The first-order chi connectivity index (χ1) is 10.8. The van der Waals surface area contributed by atoms with Crippen LogP contribution in [-0.4, -0.2) is 31.0 Å². The largest absolute Gasteiger partial charge is 0.462 e. The van der Waals surface area contributed by atoms with Crippen LogP contribution in [0.15, 0.2) is 40.2 Å². The number of carbonyl (C=O) groups is 1. The van der Waals surface area contributed by atoms with Crippen LogP contribution in [0.2, 0.25) is 0 Å². The van der Waals surface area contributed by atoms with Gasteiger partial charge in [-0.15, -0.1) is 0 Å². The summed E-state index contributed by atoms with van der Waals surface area (Å²) in [7, 11) is -3.94. The van der Waals surface area contributed by atoms with Crippen molar-refractivity contribution in [1.82, 2.24) is 9.97 Å². The number of sulfonamides is 1. The topological polar surface area (TPSA) is 144 Å². The van der Waals surface area contributed by atoms with Gasteiger partial charge in [0.15, 0.2) is 0 Å². The van der Waals surface area contributed by atoms with Gasteiger partial charge in [0, 0.05) is 5.69 Å². The molecule has 122 valence electrons. The maximum absolute atomic E-state index is 12.1. The minimum Gasteiger partial charge on any atom is -0.462 e. The van der Waals surface area contributed by atoms with Crippen LogP contribution in [0.4, 0.5) is 11.6 Å². The Hall–Kier alpha value is -2.88. The standard InChI is InChI=1S/C13H14N4O5S/c1-2-22-12(19)10-7-15-13(16-11(10)18)17-23(20,21)9-5-3-8(14)4-6-9/h3-7H,2,14H2,1H3,(H2,15,16,17,18). The monoisotopic (exact) mass is 338 g/mol. The fourth-order valence-electron chi connectivity index (χ4n) is 1.63. The van der Waals surface area contributed by atoms with Gasteiger partial charge >= 0.3 is 5.97 Å². The SMILES string of the molecule is CCOC(=O)c1cnc(NS(=O)(=O)c2ccc(N)cc2)[nH]c1=O. The molecular formula is C13H14N4O5S. The lowest BCUT2D eigenvalue weighted by molar-refractivity contribution is 0.0524. The summed E-state index contributed by atoms with van der Waals surface area (Å²) < 4.78 is 31.1. The molecule has 2 rings (SSSR count). The van der Waals surface area contributed by atoms with Crippen molar-refractivity contribution in [2.45, 2.75) is 11.8 Å². The molecule has 0 amide bonds. The first-order valence-electron chi connectivity index (χ1n) is 6.48. The van der Waals surface area contributed by atoms with Crippen LogP contribution in [0, 0.1) is 0 Å². The number of nitrogens with zero attached hydrogens (tertiary/aromatic N) is 1. The van der Waals surface area contributed by atoms with Gasteiger partial charge in [0.1, 0.15) is 5.56 Å². The molecule has 1 aromatic heterocycles. The van der Waals surface area contributed by atoms with Gasteiger partial charge in [-0.05, 0) is 31.2 Å². The lowest BCUT2D eigenvalue weighted by Gasteiger charge is -2.07. The zero-order chi connectivity index (χ0) is 17.0. The molecule has 0 spiro atoms. The zero-order valence-corrected chi connectivity index (χ0v) is 12.9. The summed E-state index contributed by atoms with van der Waals surface area (Å²) in [5.41, 5.74) is 4.78. The smallest absolute Gasteiger partial charge is 0.345 e. The van der Waals surface area contributed by atoms with Crippen molar-refractivity contribution in [1.29, 1.82) is 0 Å². The van der Waals surface area contributed by atoms with Gasteiger partial charge in [0.05, 0.1) is 17.7 Å². The number of rotatable bonds is 5. The molecule has 23 heavy (non-hydrogen) atoms. The van der Waals surface area contributed by atoms with E-state index in [-0.39, 0.29) is 23.0 Å². The van der Waals surface area contributed by atoms with Crippen molar-refractivity contribution >= 4 is 27.6 Å². The number of H-pyrrole nitrogens is 1. The summed E-state index contributed by atoms with van der Waals surface area (Å²) in [4.78, 5) is 29.1. The van der Waals surface area contributed by atoms with Crippen molar-refractivity contribution in [2.75, 3.05) is 17.1 Å². The molecule has 0 aliphatic rings. The third-order valence-electron chi connectivity index (χ3n) is 2.72. The molecule has 0 saturated heterocycles. The van der Waals surface area contributed by atoms with Gasteiger partial charge in [-0.1, -0.05) is 0 Å². The lowest BCUT2D eigenvalue weighted by atomic mass is 10.3. The molecule has 10 heteroatoms. The molecule has 0 saturated carbocycles. The fraction of sp³-hybridized carbons (Fsp3) is 0.154. The molecule has 0 fully saturated rings. The van der Waals surface area contributed by atoms with Crippen molar-refractivity contribution < 1.29 is 17.9 Å². The van der Waals surface area contributed by atoms with E-state index in [1.165, 1.54) is 24.3 Å². The number of ether oxygens (including phenoxy) is 1. The van der Waals surface area contributed by atoms with Gasteiger partial charge in [0.2, 0.25) is 5.95 Å². The van der Waals surface area contributed by atoms with E-state index < -0.39 is 21.6 Å². The lowest BCUT2D eigenvalue weighted by Crippen LogP contribution is -2.23. The average molecular weight is 338 g/mol. The maximum Gasteiger partial charge on any atom is 0.345 e. The molecule has 0 bridgehead atoms. The van der Waals surface area contributed by atoms with E-state index in [2.05, 4.69) is 19.4 Å². The molecule has 0 radical (unpaired) electrons. The molecule has 0 unspecified atom stereocenters. The first-order valence-corrected chi connectivity index (χ1v) is 7.96. The summed E-state index contributed by atoms with van der Waals surface area (Å²) in [6.45, 7) is 1.69. The molecule has 0 aliphatic heterocycles. The number of hydrogen-bond donors (Lipinski definition) is 3. The Morgan fingerprint density at radius 2 is 2.00 bits per heavy atom. The van der Waals surface area contributed by atoms with E-state index >= 15 is 0 Å². The van der Waals surface area contributed by atoms with Crippen LogP contribution in [-0.2, 0) is 14.8 Å². The number of nitrogen functional groups attached to an aromatic ring is 1. The van der Waals surface area contributed by atoms with Crippen LogP contribution in [0.5, 0.6) is 0 Å². The minimum absolute atomic E-state index is 0.0520. The second-order valence-corrected chi connectivity index (χ2v) is 6.05. The highest BCUT2D eigenvalue weighted by molar-refractivity contribution is 7.92. The highest BCUT2D eigenvalue weighted by atomic mass is 32.2. The summed E-state index contributed by atoms with van der Waals surface area (Å²) in [6.07, 6.45) is 0.942. The number of aromatic amines is 1. The number of anilines is 2. The number of esters is 1. The van der Waals surface area contributed by atoms with Gasteiger partial charge in [0.25, 0.3) is 15.6 Å². The number of aromatic nitrogens is 2. The van der Waals surface area contributed by atoms with Crippen molar-refractivity contribution in [3.8, 4) is 0 Å². The predicted molar refractivity (Wildman–Crippen MR) is 82.5 cm³/mol. The highest BCUT2D eigenvalue weighted by Gasteiger charge is 2.17. The van der Waals surface area contributed by atoms with Crippen LogP contribution < -0.4 is 16.0 Å². The first kappa shape index (κ1) is 16.5. The molecule has 1 heterocycles. The Morgan fingerprint density at radius 1 is 1.35 bits per heavy atom. The predicted octanol–water partition coefficient (Wildman–Crippen LogP) is 0.330. The Bertz CT molecular complexity index is 874. The third-order valence-corrected chi connectivity index (χ3v) is 4.07. The molecular weight excluding hydrogens is 324 g/mol. The summed E-state index contributed by atoms with van der Waals surface area (Å²) in [5.74, 6) is -1.16. The van der Waals surface area contributed by atoms with E-state index in [1.54, 1.807) is 6.92 Å². The van der Waals surface area contributed by atoms with Crippen molar-refractivity contribution in [3.63, 3.8) is 0 Å². The molecule has 2 aromatic rings. The Kier molecular flexibility index (Phi) is 4.65. The summed E-state index contributed by atoms with van der Waals surface area (Å²) in [5, 5.41) is 0. The van der Waals surface area contributed by atoms with E-state index in [0.29, 0.717) is 5.69 Å².